The van der Waals surface area contributed by atoms with Crippen LogP contribution in [-0.2, 0) is 38.1 Å². The molecule has 1 amide bonds. The van der Waals surface area contributed by atoms with E-state index >= 15 is 0 Å². The normalized spacial score (nSPS) is 18.1. The standard InChI is InChI=1S/C16H19F8NO8S/c1-9(14(17,18)19)11(26)30-7-4-25-12(27)16(23,24)34(28,29)33-10(15(20,21)22)8-13(2)31-5-3-6-32-13/h10H,1,3-8H2,2H3,(H,25,27). The molecule has 0 aromatic rings. The summed E-state index contributed by atoms with van der Waals surface area (Å²) in [6.07, 6.45) is -15.1. The van der Waals surface area contributed by atoms with Crippen LogP contribution < -0.4 is 5.32 Å². The van der Waals surface area contributed by atoms with Crippen LogP contribution in [0.1, 0.15) is 19.8 Å². The summed E-state index contributed by atoms with van der Waals surface area (Å²) in [5.74, 6) is -6.70. The Kier molecular flexibility index (Phi) is 9.43. The number of carbonyl (C=O) groups excluding carboxylic acids is 2. The first-order chi connectivity index (χ1) is 15.2. The highest BCUT2D eigenvalue weighted by atomic mass is 32.2. The summed E-state index contributed by atoms with van der Waals surface area (Å²) in [6, 6.07) is 0. The largest absolute Gasteiger partial charge is 0.460 e. The van der Waals surface area contributed by atoms with Crippen molar-refractivity contribution in [1.29, 1.82) is 0 Å². The van der Waals surface area contributed by atoms with E-state index in [1.54, 1.807) is 0 Å². The van der Waals surface area contributed by atoms with Gasteiger partial charge in [-0.2, -0.15) is 43.5 Å². The zero-order valence-electron chi connectivity index (χ0n) is 17.2. The number of hydrogen-bond donors (Lipinski definition) is 1. The first-order valence-corrected chi connectivity index (χ1v) is 10.5. The predicted octanol–water partition coefficient (Wildman–Crippen LogP) is 2.18. The topological polar surface area (TPSA) is 117 Å². The van der Waals surface area contributed by atoms with Crippen molar-refractivity contribution in [3.05, 3.63) is 12.2 Å². The SMILES string of the molecule is C=C(C(=O)OCCNC(=O)C(F)(F)S(=O)(=O)OC(CC1(C)OCCCO1)C(F)(F)F)C(F)(F)F. The molecule has 9 nitrogen and oxygen atoms in total. The molecule has 18 heteroatoms. The van der Waals surface area contributed by atoms with Crippen LogP contribution in [0.25, 0.3) is 0 Å². The average molecular weight is 537 g/mol. The number of rotatable bonds is 10. The Morgan fingerprint density at radius 2 is 1.62 bits per heavy atom. The highest BCUT2D eigenvalue weighted by Gasteiger charge is 2.58. The second-order valence-corrected chi connectivity index (χ2v) is 8.47. The Morgan fingerprint density at radius 1 is 1.09 bits per heavy atom. The van der Waals surface area contributed by atoms with Crippen LogP contribution in [0, 0.1) is 0 Å². The maximum absolute atomic E-state index is 14.1. The van der Waals surface area contributed by atoms with Gasteiger partial charge in [-0.25, -0.2) is 4.79 Å². The molecule has 0 aliphatic carbocycles. The van der Waals surface area contributed by atoms with E-state index in [1.165, 1.54) is 5.32 Å². The molecular weight excluding hydrogens is 518 g/mol. The summed E-state index contributed by atoms with van der Waals surface area (Å²) in [5, 5.41) is -4.37. The molecule has 34 heavy (non-hydrogen) atoms. The van der Waals surface area contributed by atoms with E-state index in [9.17, 15) is 53.1 Å². The Labute approximate surface area is 187 Å². The third-order valence-electron chi connectivity index (χ3n) is 4.06. The van der Waals surface area contributed by atoms with Crippen LogP contribution in [0.3, 0.4) is 0 Å². The molecule has 0 spiro atoms. The summed E-state index contributed by atoms with van der Waals surface area (Å²) in [5.41, 5.74) is -1.95. The number of ether oxygens (including phenoxy) is 3. The minimum atomic E-state index is -6.55. The fourth-order valence-electron chi connectivity index (χ4n) is 2.28. The molecule has 1 atom stereocenters. The van der Waals surface area contributed by atoms with Crippen LogP contribution in [0.2, 0.25) is 0 Å². The minimum Gasteiger partial charge on any atom is -0.460 e. The van der Waals surface area contributed by atoms with Gasteiger partial charge in [-0.15, -0.1) is 0 Å². The van der Waals surface area contributed by atoms with Crippen LogP contribution in [-0.4, -0.2) is 76.2 Å². The summed E-state index contributed by atoms with van der Waals surface area (Å²) in [7, 11) is -6.55. The van der Waals surface area contributed by atoms with Crippen molar-refractivity contribution in [3.8, 4) is 0 Å². The van der Waals surface area contributed by atoms with Crippen molar-refractivity contribution in [2.75, 3.05) is 26.4 Å². The number of carbonyl (C=O) groups is 2. The van der Waals surface area contributed by atoms with Crippen LogP contribution >= 0.6 is 0 Å². The van der Waals surface area contributed by atoms with Crippen molar-refractivity contribution in [3.63, 3.8) is 0 Å². The lowest BCUT2D eigenvalue weighted by atomic mass is 10.1. The lowest BCUT2D eigenvalue weighted by Crippen LogP contribution is -2.51. The van der Waals surface area contributed by atoms with Crippen molar-refractivity contribution < 1.29 is 71.5 Å². The highest BCUT2D eigenvalue weighted by molar-refractivity contribution is 7.88. The van der Waals surface area contributed by atoms with Gasteiger partial charge in [0.2, 0.25) is 0 Å². The van der Waals surface area contributed by atoms with Crippen molar-refractivity contribution >= 4 is 22.0 Å². The van der Waals surface area contributed by atoms with Gasteiger partial charge >= 0.3 is 39.6 Å². The second-order valence-electron chi connectivity index (χ2n) is 6.85. The summed E-state index contributed by atoms with van der Waals surface area (Å²) < 4.78 is 146. The molecule has 1 aliphatic heterocycles. The Bertz CT molecular complexity index is 865. The predicted molar refractivity (Wildman–Crippen MR) is 93.5 cm³/mol. The number of alkyl halides is 8. The molecule has 1 heterocycles. The van der Waals surface area contributed by atoms with E-state index < -0.39 is 76.6 Å². The van der Waals surface area contributed by atoms with Gasteiger partial charge in [0.1, 0.15) is 12.2 Å². The molecule has 1 rings (SSSR count). The van der Waals surface area contributed by atoms with Gasteiger partial charge in [0, 0.05) is 6.42 Å². The third-order valence-corrected chi connectivity index (χ3v) is 5.35. The van der Waals surface area contributed by atoms with Gasteiger partial charge in [0.25, 0.3) is 0 Å². The molecule has 1 N–H and O–H groups in total. The lowest BCUT2D eigenvalue weighted by molar-refractivity contribution is -0.288. The second kappa shape index (κ2) is 10.7. The third kappa shape index (κ3) is 8.02. The molecule has 0 aromatic carbocycles. The monoisotopic (exact) mass is 537 g/mol. The molecule has 1 unspecified atom stereocenters. The van der Waals surface area contributed by atoms with Gasteiger partial charge < -0.3 is 19.5 Å². The molecule has 0 aromatic heterocycles. The smallest absolute Gasteiger partial charge is 0.446 e. The highest BCUT2D eigenvalue weighted by Crippen LogP contribution is 2.36. The molecule has 0 bridgehead atoms. The van der Waals surface area contributed by atoms with Gasteiger partial charge in [0.15, 0.2) is 11.9 Å². The number of amides is 1. The molecule has 0 saturated carbocycles. The quantitative estimate of drug-likeness (QED) is 0.148. The minimum absolute atomic E-state index is 0.0622. The molecular formula is C16H19F8NO8S. The number of nitrogens with one attached hydrogen (secondary N) is 1. The fourth-order valence-corrected chi connectivity index (χ4v) is 3.18. The number of esters is 1. The first-order valence-electron chi connectivity index (χ1n) is 9.10. The summed E-state index contributed by atoms with van der Waals surface area (Å²) in [6.45, 7) is 1.02. The Balaban J connectivity index is 2.80. The number of hydrogen-bond acceptors (Lipinski definition) is 8. The van der Waals surface area contributed by atoms with Gasteiger partial charge in [-0.05, 0) is 13.3 Å². The molecule has 1 saturated heterocycles. The van der Waals surface area contributed by atoms with Crippen LogP contribution in [0.15, 0.2) is 12.2 Å². The van der Waals surface area contributed by atoms with E-state index in [0.29, 0.717) is 6.42 Å². The van der Waals surface area contributed by atoms with Gasteiger partial charge in [0.05, 0.1) is 19.8 Å². The zero-order valence-corrected chi connectivity index (χ0v) is 18.0. The van der Waals surface area contributed by atoms with E-state index in [1.807, 2.05) is 0 Å². The van der Waals surface area contributed by atoms with Crippen LogP contribution in [0.4, 0.5) is 35.1 Å². The van der Waals surface area contributed by atoms with E-state index in [0.717, 1.165) is 6.92 Å². The molecule has 198 valence electrons. The van der Waals surface area contributed by atoms with Crippen molar-refractivity contribution in [2.45, 2.75) is 49.3 Å². The van der Waals surface area contributed by atoms with Gasteiger partial charge in [-0.3, -0.25) is 8.98 Å². The van der Waals surface area contributed by atoms with E-state index in [-0.39, 0.29) is 13.2 Å². The Hall–Kier alpha value is -2.05. The van der Waals surface area contributed by atoms with Crippen molar-refractivity contribution in [1.82, 2.24) is 5.32 Å². The maximum Gasteiger partial charge on any atom is 0.446 e. The zero-order chi connectivity index (χ0) is 26.6. The van der Waals surface area contributed by atoms with Gasteiger partial charge in [-0.1, -0.05) is 6.58 Å². The summed E-state index contributed by atoms with van der Waals surface area (Å²) >= 11 is 0. The first kappa shape index (κ1) is 30.0. The van der Waals surface area contributed by atoms with E-state index in [2.05, 4.69) is 15.5 Å². The molecule has 1 fully saturated rings. The van der Waals surface area contributed by atoms with Crippen LogP contribution in [0.5, 0.6) is 0 Å². The lowest BCUT2D eigenvalue weighted by Gasteiger charge is -2.36. The fraction of sp³-hybridized carbons (Fsp3) is 0.750. The maximum atomic E-state index is 14.1. The Morgan fingerprint density at radius 3 is 2.09 bits per heavy atom. The van der Waals surface area contributed by atoms with E-state index in [4.69, 9.17) is 9.47 Å². The molecule has 0 radical (unpaired) electrons. The number of halogens is 8. The molecule has 1 aliphatic rings. The average Bonchev–Trinajstić information content (AvgIpc) is 2.68. The summed E-state index contributed by atoms with van der Waals surface area (Å²) in [4.78, 5) is 22.6. The van der Waals surface area contributed by atoms with Crippen molar-refractivity contribution in [2.24, 2.45) is 0 Å².